The molecule has 0 aliphatic rings. The molecule has 3 aromatic rings. The van der Waals surface area contributed by atoms with Gasteiger partial charge in [0, 0.05) is 5.02 Å². The van der Waals surface area contributed by atoms with E-state index >= 15 is 0 Å². The molecule has 0 bridgehead atoms. The van der Waals surface area contributed by atoms with Gasteiger partial charge in [-0.15, -0.1) is 0 Å². The molecule has 0 saturated heterocycles. The molecule has 0 aliphatic heterocycles. The number of carbonyl (C=O) groups is 1. The van der Waals surface area contributed by atoms with Crippen molar-refractivity contribution in [3.63, 3.8) is 0 Å². The van der Waals surface area contributed by atoms with Crippen LogP contribution in [0.5, 0.6) is 0 Å². The highest BCUT2D eigenvalue weighted by atomic mass is 35.5. The van der Waals surface area contributed by atoms with E-state index < -0.39 is 11.7 Å². The fraction of sp³-hybridized carbons (Fsp3) is 0. The van der Waals surface area contributed by atoms with Gasteiger partial charge in [0.05, 0.1) is 20.8 Å². The summed E-state index contributed by atoms with van der Waals surface area (Å²) in [7, 11) is 0. The van der Waals surface area contributed by atoms with Crippen molar-refractivity contribution in [3.8, 4) is 0 Å². The van der Waals surface area contributed by atoms with Crippen molar-refractivity contribution in [2.24, 2.45) is 0 Å². The number of anilines is 1. The lowest BCUT2D eigenvalue weighted by molar-refractivity contribution is 0.102. The fourth-order valence-corrected chi connectivity index (χ4v) is 3.21. The Hall–Kier alpha value is -1.69. The average Bonchev–Trinajstić information content (AvgIpc) is 2.79. The molecule has 3 rings (SSSR count). The molecule has 0 saturated carbocycles. The largest absolute Gasteiger partial charge is 0.298 e. The van der Waals surface area contributed by atoms with Gasteiger partial charge in [-0.05, 0) is 30.3 Å². The molecule has 0 atom stereocenters. The molecule has 0 aliphatic carbocycles. The number of benzene rings is 2. The Bertz CT molecular complexity index is 830. The second-order valence-corrected chi connectivity index (χ2v) is 6.06. The molecular weight excluding hydrogens is 334 g/mol. The molecule has 1 amide bonds. The van der Waals surface area contributed by atoms with E-state index in [1.807, 2.05) is 0 Å². The summed E-state index contributed by atoms with van der Waals surface area (Å²) in [6, 6.07) is 9.29. The van der Waals surface area contributed by atoms with Gasteiger partial charge in [-0.1, -0.05) is 40.6 Å². The number of hydrogen-bond acceptors (Lipinski definition) is 3. The first-order valence-electron chi connectivity index (χ1n) is 5.86. The van der Waals surface area contributed by atoms with Crippen LogP contribution in [0.1, 0.15) is 10.4 Å². The van der Waals surface area contributed by atoms with Crippen molar-refractivity contribution in [2.75, 3.05) is 5.32 Å². The maximum atomic E-state index is 13.7. The van der Waals surface area contributed by atoms with Crippen LogP contribution in [0.15, 0.2) is 36.4 Å². The number of amides is 1. The molecule has 0 radical (unpaired) electrons. The van der Waals surface area contributed by atoms with Crippen molar-refractivity contribution < 1.29 is 9.18 Å². The molecule has 1 N–H and O–H groups in total. The summed E-state index contributed by atoms with van der Waals surface area (Å²) in [5.41, 5.74) is 0.510. The summed E-state index contributed by atoms with van der Waals surface area (Å²) in [5.74, 6) is -1.31. The summed E-state index contributed by atoms with van der Waals surface area (Å²) < 4.78 is 14.5. The van der Waals surface area contributed by atoms with E-state index in [0.717, 1.165) is 4.70 Å². The number of nitrogens with one attached hydrogen (secondary N) is 1. The van der Waals surface area contributed by atoms with Gasteiger partial charge in [-0.3, -0.25) is 10.1 Å². The first-order valence-corrected chi connectivity index (χ1v) is 7.43. The van der Waals surface area contributed by atoms with E-state index in [1.54, 1.807) is 18.2 Å². The maximum Gasteiger partial charge on any atom is 0.261 e. The number of hydrogen-bond donors (Lipinski definition) is 1. The molecule has 0 fully saturated rings. The molecular formula is C14H7Cl2FN2OS. The minimum Gasteiger partial charge on any atom is -0.298 e. The van der Waals surface area contributed by atoms with E-state index in [-0.39, 0.29) is 10.6 Å². The molecule has 3 nitrogen and oxygen atoms in total. The third-order valence-corrected chi connectivity index (χ3v) is 4.24. The molecule has 7 heteroatoms. The van der Waals surface area contributed by atoms with Crippen LogP contribution in [0.4, 0.5) is 9.52 Å². The van der Waals surface area contributed by atoms with Gasteiger partial charge in [0.25, 0.3) is 5.91 Å². The standard InChI is InChI=1S/C14H7Cl2FN2OS/c15-7-4-5-10-11(6-7)21-14(18-10)19-13(20)12-8(16)2-1-3-9(12)17/h1-6H,(H,18,19,20). The highest BCUT2D eigenvalue weighted by Crippen LogP contribution is 2.29. The van der Waals surface area contributed by atoms with Crippen LogP contribution < -0.4 is 5.32 Å². The zero-order valence-corrected chi connectivity index (χ0v) is 12.7. The molecule has 0 spiro atoms. The van der Waals surface area contributed by atoms with Gasteiger partial charge >= 0.3 is 0 Å². The van der Waals surface area contributed by atoms with Crippen molar-refractivity contribution in [1.29, 1.82) is 0 Å². The first kappa shape index (κ1) is 14.3. The number of carbonyl (C=O) groups excluding carboxylic acids is 1. The predicted molar refractivity (Wildman–Crippen MR) is 84.0 cm³/mol. The number of rotatable bonds is 2. The van der Waals surface area contributed by atoms with E-state index in [0.29, 0.717) is 15.7 Å². The zero-order valence-electron chi connectivity index (χ0n) is 10.4. The van der Waals surface area contributed by atoms with Crippen LogP contribution in [0.2, 0.25) is 10.0 Å². The Morgan fingerprint density at radius 3 is 2.81 bits per heavy atom. The van der Waals surface area contributed by atoms with Gasteiger partial charge in [-0.2, -0.15) is 0 Å². The molecule has 1 aromatic heterocycles. The normalized spacial score (nSPS) is 10.8. The Balaban J connectivity index is 1.93. The average molecular weight is 341 g/mol. The van der Waals surface area contributed by atoms with E-state index in [9.17, 15) is 9.18 Å². The van der Waals surface area contributed by atoms with Gasteiger partial charge < -0.3 is 0 Å². The van der Waals surface area contributed by atoms with Gasteiger partial charge in [0.15, 0.2) is 5.13 Å². The SMILES string of the molecule is O=C(Nc1nc2ccc(Cl)cc2s1)c1c(F)cccc1Cl. The van der Waals surface area contributed by atoms with E-state index in [1.165, 1.54) is 29.5 Å². The zero-order chi connectivity index (χ0) is 15.0. The van der Waals surface area contributed by atoms with Crippen molar-refractivity contribution in [3.05, 3.63) is 57.8 Å². The maximum absolute atomic E-state index is 13.7. The van der Waals surface area contributed by atoms with Crippen LogP contribution >= 0.6 is 34.5 Å². The lowest BCUT2D eigenvalue weighted by atomic mass is 10.2. The monoisotopic (exact) mass is 340 g/mol. The number of fused-ring (bicyclic) bond motifs is 1. The highest BCUT2D eigenvalue weighted by molar-refractivity contribution is 7.22. The second kappa shape index (κ2) is 5.60. The van der Waals surface area contributed by atoms with Crippen LogP contribution in [0, 0.1) is 5.82 Å². The highest BCUT2D eigenvalue weighted by Gasteiger charge is 2.17. The van der Waals surface area contributed by atoms with Gasteiger partial charge in [0.1, 0.15) is 5.82 Å². The van der Waals surface area contributed by atoms with Gasteiger partial charge in [-0.25, -0.2) is 9.37 Å². The first-order chi connectivity index (χ1) is 10.0. The third kappa shape index (κ3) is 2.85. The summed E-state index contributed by atoms with van der Waals surface area (Å²) in [6.45, 7) is 0. The van der Waals surface area contributed by atoms with Crippen molar-refractivity contribution in [2.45, 2.75) is 0 Å². The van der Waals surface area contributed by atoms with Gasteiger partial charge in [0.2, 0.25) is 0 Å². The van der Waals surface area contributed by atoms with Crippen molar-refractivity contribution >= 4 is 55.8 Å². The lowest BCUT2D eigenvalue weighted by Gasteiger charge is -2.04. The quantitative estimate of drug-likeness (QED) is 0.713. The minimum absolute atomic E-state index is 0.0525. The van der Waals surface area contributed by atoms with Crippen LogP contribution in [0.3, 0.4) is 0 Å². The summed E-state index contributed by atoms with van der Waals surface area (Å²) in [4.78, 5) is 16.3. The molecule has 2 aromatic carbocycles. The van der Waals surface area contributed by atoms with Crippen LogP contribution in [-0.2, 0) is 0 Å². The number of nitrogens with zero attached hydrogens (tertiary/aromatic N) is 1. The smallest absolute Gasteiger partial charge is 0.261 e. The van der Waals surface area contributed by atoms with Crippen LogP contribution in [-0.4, -0.2) is 10.9 Å². The molecule has 21 heavy (non-hydrogen) atoms. The van der Waals surface area contributed by atoms with E-state index in [2.05, 4.69) is 10.3 Å². The predicted octanol–water partition coefficient (Wildman–Crippen LogP) is 4.99. The Labute approximate surface area is 133 Å². The molecule has 0 unspecified atom stereocenters. The number of halogens is 3. The summed E-state index contributed by atoms with van der Waals surface area (Å²) >= 11 is 13.0. The second-order valence-electron chi connectivity index (χ2n) is 4.18. The third-order valence-electron chi connectivity index (χ3n) is 2.76. The minimum atomic E-state index is -0.677. The Kier molecular flexibility index (Phi) is 3.80. The van der Waals surface area contributed by atoms with Crippen LogP contribution in [0.25, 0.3) is 10.2 Å². The Morgan fingerprint density at radius 1 is 1.24 bits per heavy atom. The lowest BCUT2D eigenvalue weighted by Crippen LogP contribution is -2.14. The summed E-state index contributed by atoms with van der Waals surface area (Å²) in [6.07, 6.45) is 0. The summed E-state index contributed by atoms with van der Waals surface area (Å²) in [5, 5.41) is 3.54. The molecule has 1 heterocycles. The Morgan fingerprint density at radius 2 is 2.05 bits per heavy atom. The number of aromatic nitrogens is 1. The van der Waals surface area contributed by atoms with E-state index in [4.69, 9.17) is 23.2 Å². The fourth-order valence-electron chi connectivity index (χ4n) is 1.83. The molecule has 106 valence electrons. The topological polar surface area (TPSA) is 42.0 Å². The number of thiazole rings is 1. The van der Waals surface area contributed by atoms with Crippen molar-refractivity contribution in [1.82, 2.24) is 4.98 Å².